The van der Waals surface area contributed by atoms with Crippen LogP contribution in [0.25, 0.3) is 10.1 Å². The number of thiophene rings is 1. The van der Waals surface area contributed by atoms with Crippen LogP contribution in [0.3, 0.4) is 0 Å². The summed E-state index contributed by atoms with van der Waals surface area (Å²) in [6, 6.07) is 24.4. The van der Waals surface area contributed by atoms with Crippen molar-refractivity contribution in [2.45, 2.75) is 39.2 Å². The predicted molar refractivity (Wildman–Crippen MR) is 154 cm³/mol. The molecule has 0 saturated heterocycles. The molecule has 7 heteroatoms. The van der Waals surface area contributed by atoms with Crippen LogP contribution in [0.5, 0.6) is 5.75 Å². The van der Waals surface area contributed by atoms with Crippen LogP contribution in [0.15, 0.2) is 76.6 Å². The van der Waals surface area contributed by atoms with Gasteiger partial charge in [-0.25, -0.2) is 4.79 Å². The number of hydrogen-bond donors (Lipinski definition) is 1. The number of carbonyl (C=O) groups excluding carboxylic acids is 1. The summed E-state index contributed by atoms with van der Waals surface area (Å²) in [6.45, 7) is 9.34. The number of rotatable bonds is 8. The summed E-state index contributed by atoms with van der Waals surface area (Å²) in [5.74, 6) is -0.353. The molecule has 0 fully saturated rings. The fourth-order valence-corrected chi connectivity index (χ4v) is 11.4. The second-order valence-electron chi connectivity index (χ2n) is 9.70. The topological polar surface area (TPSA) is 55.8 Å². The van der Waals surface area contributed by atoms with Crippen LogP contribution >= 0.6 is 27.3 Å². The highest BCUT2D eigenvalue weighted by atomic mass is 79.9. The molecule has 0 aliphatic heterocycles. The van der Waals surface area contributed by atoms with Crippen molar-refractivity contribution in [1.82, 2.24) is 0 Å². The van der Waals surface area contributed by atoms with Crippen molar-refractivity contribution in [3.8, 4) is 5.75 Å². The smallest absolute Gasteiger partial charge is 0.338 e. The van der Waals surface area contributed by atoms with Crippen molar-refractivity contribution in [3.63, 3.8) is 0 Å². The van der Waals surface area contributed by atoms with Gasteiger partial charge in [-0.3, -0.25) is 0 Å². The van der Waals surface area contributed by atoms with Gasteiger partial charge in [0, 0.05) is 16.7 Å². The van der Waals surface area contributed by atoms with E-state index in [0.29, 0.717) is 18.6 Å². The lowest BCUT2D eigenvalue weighted by molar-refractivity contribution is 0.0526. The molecule has 4 nitrogen and oxygen atoms in total. The largest absolute Gasteiger partial charge is 0.507 e. The van der Waals surface area contributed by atoms with E-state index in [0.717, 1.165) is 19.4 Å². The SMILES string of the molecule is CCOC(=O)c1cc(O)c2c(CCO[Si](c3ccccc3)(c3ccccc3)C(C)(C)C)c(Br)sc2c1. The Labute approximate surface area is 226 Å². The van der Waals surface area contributed by atoms with Gasteiger partial charge < -0.3 is 14.3 Å². The first-order valence-electron chi connectivity index (χ1n) is 12.0. The van der Waals surface area contributed by atoms with Crippen LogP contribution in [-0.2, 0) is 15.6 Å². The van der Waals surface area contributed by atoms with Crippen molar-refractivity contribution in [1.29, 1.82) is 0 Å². The van der Waals surface area contributed by atoms with E-state index in [1.807, 2.05) is 12.1 Å². The highest BCUT2D eigenvalue weighted by molar-refractivity contribution is 9.11. The van der Waals surface area contributed by atoms with E-state index in [1.54, 1.807) is 13.0 Å². The molecule has 36 heavy (non-hydrogen) atoms. The fraction of sp³-hybridized carbons (Fsp3) is 0.276. The minimum Gasteiger partial charge on any atom is -0.507 e. The zero-order valence-electron chi connectivity index (χ0n) is 21.0. The lowest BCUT2D eigenvalue weighted by atomic mass is 10.1. The molecule has 0 aliphatic rings. The third-order valence-electron chi connectivity index (χ3n) is 6.42. The van der Waals surface area contributed by atoms with Crippen LogP contribution in [0.2, 0.25) is 5.04 Å². The Morgan fingerprint density at radius 2 is 1.58 bits per heavy atom. The third-order valence-corrected chi connectivity index (χ3v) is 13.4. The van der Waals surface area contributed by atoms with Gasteiger partial charge >= 0.3 is 5.97 Å². The maximum Gasteiger partial charge on any atom is 0.338 e. The molecular formula is C29H31BrO4SSi. The fourth-order valence-electron chi connectivity index (χ4n) is 4.86. The van der Waals surface area contributed by atoms with Crippen molar-refractivity contribution in [2.75, 3.05) is 13.2 Å². The second-order valence-corrected chi connectivity index (χ2v) is 16.4. The molecule has 4 rings (SSSR count). The van der Waals surface area contributed by atoms with Crippen molar-refractivity contribution < 1.29 is 19.1 Å². The van der Waals surface area contributed by atoms with E-state index in [2.05, 4.69) is 85.2 Å². The van der Waals surface area contributed by atoms with E-state index in [4.69, 9.17) is 9.16 Å². The summed E-state index contributed by atoms with van der Waals surface area (Å²) in [5, 5.41) is 14.0. The van der Waals surface area contributed by atoms with Gasteiger partial charge in [0.05, 0.1) is 16.0 Å². The molecule has 0 amide bonds. The van der Waals surface area contributed by atoms with Gasteiger partial charge in [-0.2, -0.15) is 0 Å². The number of carbonyl (C=O) groups is 1. The Morgan fingerprint density at radius 3 is 2.11 bits per heavy atom. The van der Waals surface area contributed by atoms with Crippen molar-refractivity contribution in [3.05, 3.63) is 87.7 Å². The highest BCUT2D eigenvalue weighted by Gasteiger charge is 2.50. The second kappa shape index (κ2) is 10.9. The molecule has 1 heterocycles. The van der Waals surface area contributed by atoms with E-state index in [-0.39, 0.29) is 17.4 Å². The summed E-state index contributed by atoms with van der Waals surface area (Å²) >= 11 is 5.20. The van der Waals surface area contributed by atoms with Gasteiger partial charge in [-0.1, -0.05) is 81.4 Å². The molecule has 0 saturated carbocycles. The van der Waals surface area contributed by atoms with E-state index < -0.39 is 14.3 Å². The summed E-state index contributed by atoms with van der Waals surface area (Å²) in [7, 11) is -2.65. The zero-order chi connectivity index (χ0) is 25.9. The molecule has 0 bridgehead atoms. The van der Waals surface area contributed by atoms with E-state index in [9.17, 15) is 9.90 Å². The summed E-state index contributed by atoms with van der Waals surface area (Å²) < 4.78 is 13.9. The predicted octanol–water partition coefficient (Wildman–Crippen LogP) is 6.67. The number of esters is 1. The van der Waals surface area contributed by atoms with Gasteiger partial charge in [0.2, 0.25) is 0 Å². The minimum absolute atomic E-state index is 0.0814. The van der Waals surface area contributed by atoms with Gasteiger partial charge in [0.1, 0.15) is 5.75 Å². The summed E-state index contributed by atoms with van der Waals surface area (Å²) in [5.41, 5.74) is 1.34. The van der Waals surface area contributed by atoms with Gasteiger partial charge in [0.25, 0.3) is 8.32 Å². The van der Waals surface area contributed by atoms with E-state index in [1.165, 1.54) is 27.8 Å². The number of aromatic hydroxyl groups is 1. The van der Waals surface area contributed by atoms with Crippen LogP contribution in [0, 0.1) is 0 Å². The molecule has 1 N–H and O–H groups in total. The number of phenolic OH excluding ortho intramolecular Hbond substituents is 1. The number of phenols is 1. The molecule has 1 aromatic heterocycles. The Hall–Kier alpha value is -2.45. The van der Waals surface area contributed by atoms with Gasteiger partial charge in [-0.15, -0.1) is 11.3 Å². The Morgan fingerprint density at radius 1 is 1.00 bits per heavy atom. The maximum atomic E-state index is 12.2. The maximum absolute atomic E-state index is 12.2. The molecule has 4 aromatic rings. The van der Waals surface area contributed by atoms with Crippen LogP contribution in [0.4, 0.5) is 0 Å². The molecule has 0 spiro atoms. The monoisotopic (exact) mass is 582 g/mol. The summed E-state index contributed by atoms with van der Waals surface area (Å²) in [6.07, 6.45) is 0.622. The third kappa shape index (κ3) is 5.02. The number of benzene rings is 3. The average Bonchev–Trinajstić information content (AvgIpc) is 3.17. The number of hydrogen-bond acceptors (Lipinski definition) is 5. The highest BCUT2D eigenvalue weighted by Crippen LogP contribution is 2.42. The molecule has 0 radical (unpaired) electrons. The molecule has 0 aliphatic carbocycles. The number of fused-ring (bicyclic) bond motifs is 1. The minimum atomic E-state index is -2.65. The first-order chi connectivity index (χ1) is 17.2. The number of ether oxygens (including phenoxy) is 1. The Bertz CT molecular complexity index is 1310. The normalized spacial score (nSPS) is 12.1. The van der Waals surface area contributed by atoms with Crippen molar-refractivity contribution >= 4 is 62.0 Å². The van der Waals surface area contributed by atoms with Crippen LogP contribution in [0.1, 0.15) is 43.6 Å². The van der Waals surface area contributed by atoms with E-state index >= 15 is 0 Å². The van der Waals surface area contributed by atoms with Gasteiger partial charge in [0.15, 0.2) is 0 Å². The summed E-state index contributed by atoms with van der Waals surface area (Å²) in [4.78, 5) is 12.2. The van der Waals surface area contributed by atoms with Crippen LogP contribution in [-0.4, -0.2) is 32.6 Å². The molecule has 3 aromatic carbocycles. The number of halogens is 1. The molecule has 0 atom stereocenters. The quantitative estimate of drug-likeness (QED) is 0.186. The Balaban J connectivity index is 1.70. The first-order valence-corrected chi connectivity index (χ1v) is 15.6. The lowest BCUT2D eigenvalue weighted by Gasteiger charge is -2.43. The molecular weight excluding hydrogens is 552 g/mol. The molecule has 0 unspecified atom stereocenters. The van der Waals surface area contributed by atoms with Crippen molar-refractivity contribution in [2.24, 2.45) is 0 Å². The standard InChI is InChI=1S/C29H31BrO4SSi/c1-5-33-28(32)20-18-24(31)26-23(27(30)35-25(26)19-20)16-17-34-36(29(2,3)4,21-12-8-6-9-13-21)22-14-10-7-11-15-22/h6-15,18-19,31H,5,16-17H2,1-4H3. The van der Waals surface area contributed by atoms with Gasteiger partial charge in [-0.05, 0) is 62.4 Å². The van der Waals surface area contributed by atoms with Crippen LogP contribution < -0.4 is 10.4 Å². The molecule has 188 valence electrons. The first kappa shape index (κ1) is 26.6. The zero-order valence-corrected chi connectivity index (χ0v) is 24.4. The lowest BCUT2D eigenvalue weighted by Crippen LogP contribution is -2.66. The average molecular weight is 584 g/mol. The Kier molecular flexibility index (Phi) is 8.05.